The third kappa shape index (κ3) is 3.52. The molecule has 0 saturated carbocycles. The number of hydrogen-bond donors (Lipinski definition) is 1. The Morgan fingerprint density at radius 2 is 2.04 bits per heavy atom. The summed E-state index contributed by atoms with van der Waals surface area (Å²) in [7, 11) is 0. The predicted octanol–water partition coefficient (Wildman–Crippen LogP) is 4.75. The Hall–Kier alpha value is -2.38. The van der Waals surface area contributed by atoms with Crippen LogP contribution in [0, 0.1) is 6.92 Å². The second-order valence-corrected chi connectivity index (χ2v) is 8.72. The topological polar surface area (TPSA) is 71.2 Å². The number of benzene rings is 1. The van der Waals surface area contributed by atoms with Crippen LogP contribution in [0.5, 0.6) is 0 Å². The molecule has 4 rings (SSSR count). The number of fused-ring (bicyclic) bond motifs is 1. The molecule has 1 aliphatic heterocycles. The number of anilines is 1. The van der Waals surface area contributed by atoms with Crippen molar-refractivity contribution in [1.82, 2.24) is 14.8 Å². The number of halogens is 1. The standard InChI is InChI=1S/C20H21ClN4O2S/c1-11-4-5-24(9-12(11)2)20-22-18-14(7-15(21)8-17(18)28-20)10-25-13(3)6-16(23-25)19(26)27/h6-8H,4-5,9-10H2,1-3H3,(H,26,27). The number of rotatable bonds is 4. The number of nitrogens with zero attached hydrogens (tertiary/aromatic N) is 4. The van der Waals surface area contributed by atoms with Crippen molar-refractivity contribution >= 4 is 44.3 Å². The second-order valence-electron chi connectivity index (χ2n) is 7.27. The van der Waals surface area contributed by atoms with E-state index in [4.69, 9.17) is 16.6 Å². The van der Waals surface area contributed by atoms with E-state index in [1.165, 1.54) is 11.1 Å². The Bertz CT molecular complexity index is 1120. The van der Waals surface area contributed by atoms with Gasteiger partial charge in [-0.15, -0.1) is 0 Å². The van der Waals surface area contributed by atoms with Gasteiger partial charge in [-0.05, 0) is 45.4 Å². The first kappa shape index (κ1) is 19.0. The third-order valence-electron chi connectivity index (χ3n) is 5.23. The van der Waals surface area contributed by atoms with E-state index in [9.17, 15) is 9.90 Å². The molecule has 1 N–H and O–H groups in total. The van der Waals surface area contributed by atoms with Crippen LogP contribution in [0.2, 0.25) is 5.02 Å². The molecule has 146 valence electrons. The van der Waals surface area contributed by atoms with Crippen molar-refractivity contribution in [3.05, 3.63) is 51.3 Å². The molecule has 0 unspecified atom stereocenters. The van der Waals surface area contributed by atoms with E-state index in [-0.39, 0.29) is 5.69 Å². The van der Waals surface area contributed by atoms with Gasteiger partial charge in [0.1, 0.15) is 0 Å². The van der Waals surface area contributed by atoms with Crippen molar-refractivity contribution in [2.24, 2.45) is 0 Å². The van der Waals surface area contributed by atoms with Crippen LogP contribution < -0.4 is 4.90 Å². The van der Waals surface area contributed by atoms with Gasteiger partial charge >= 0.3 is 5.97 Å². The molecule has 0 amide bonds. The number of carbonyl (C=O) groups is 1. The molecule has 6 nitrogen and oxygen atoms in total. The number of thiazole rings is 1. The molecular formula is C20H21ClN4O2S. The summed E-state index contributed by atoms with van der Waals surface area (Å²) in [6, 6.07) is 5.40. The molecule has 8 heteroatoms. The Kier molecular flexibility index (Phi) is 4.89. The van der Waals surface area contributed by atoms with E-state index in [0.29, 0.717) is 11.6 Å². The Morgan fingerprint density at radius 1 is 1.25 bits per heavy atom. The summed E-state index contributed by atoms with van der Waals surface area (Å²) in [6.07, 6.45) is 1.06. The van der Waals surface area contributed by atoms with Crippen molar-refractivity contribution in [2.75, 3.05) is 18.0 Å². The normalized spacial score (nSPS) is 14.9. The average Bonchev–Trinajstić information content (AvgIpc) is 3.21. The number of aromatic carboxylic acids is 1. The zero-order valence-electron chi connectivity index (χ0n) is 16.0. The predicted molar refractivity (Wildman–Crippen MR) is 113 cm³/mol. The molecular weight excluding hydrogens is 396 g/mol. The summed E-state index contributed by atoms with van der Waals surface area (Å²) < 4.78 is 2.72. The maximum atomic E-state index is 11.2. The van der Waals surface area contributed by atoms with Gasteiger partial charge in [0.2, 0.25) is 0 Å². The first-order chi connectivity index (χ1) is 13.3. The fourth-order valence-corrected chi connectivity index (χ4v) is 4.80. The monoisotopic (exact) mass is 416 g/mol. The van der Waals surface area contributed by atoms with E-state index >= 15 is 0 Å². The van der Waals surface area contributed by atoms with Gasteiger partial charge in [0.05, 0.1) is 16.8 Å². The van der Waals surface area contributed by atoms with Crippen molar-refractivity contribution in [3.8, 4) is 0 Å². The number of hydrogen-bond acceptors (Lipinski definition) is 5. The lowest BCUT2D eigenvalue weighted by Crippen LogP contribution is -2.30. The maximum Gasteiger partial charge on any atom is 0.356 e. The summed E-state index contributed by atoms with van der Waals surface area (Å²) in [6.45, 7) is 8.51. The van der Waals surface area contributed by atoms with Crippen molar-refractivity contribution in [1.29, 1.82) is 0 Å². The fraction of sp³-hybridized carbons (Fsp3) is 0.350. The lowest BCUT2D eigenvalue weighted by atomic mass is 10.0. The number of carboxylic acids is 1. The van der Waals surface area contributed by atoms with Gasteiger partial charge in [0, 0.05) is 29.4 Å². The van der Waals surface area contributed by atoms with Gasteiger partial charge in [0.25, 0.3) is 0 Å². The van der Waals surface area contributed by atoms with E-state index in [1.807, 2.05) is 19.1 Å². The summed E-state index contributed by atoms with van der Waals surface area (Å²) in [5, 5.41) is 15.0. The number of carboxylic acid groups (broad SMARTS) is 1. The molecule has 3 heterocycles. The number of aryl methyl sites for hydroxylation is 1. The first-order valence-electron chi connectivity index (χ1n) is 9.08. The zero-order chi connectivity index (χ0) is 20.0. The summed E-state index contributed by atoms with van der Waals surface area (Å²) in [4.78, 5) is 18.4. The maximum absolute atomic E-state index is 11.2. The largest absolute Gasteiger partial charge is 0.476 e. The molecule has 3 aromatic rings. The molecule has 0 bridgehead atoms. The van der Waals surface area contributed by atoms with Crippen LogP contribution in [-0.2, 0) is 6.54 Å². The van der Waals surface area contributed by atoms with Gasteiger partial charge in [-0.2, -0.15) is 5.10 Å². The van der Waals surface area contributed by atoms with Crippen molar-refractivity contribution in [2.45, 2.75) is 33.7 Å². The van der Waals surface area contributed by atoms with Gasteiger partial charge in [0.15, 0.2) is 10.8 Å². The Morgan fingerprint density at radius 3 is 2.71 bits per heavy atom. The lowest BCUT2D eigenvalue weighted by Gasteiger charge is -2.28. The highest BCUT2D eigenvalue weighted by molar-refractivity contribution is 7.22. The molecule has 0 fully saturated rings. The highest BCUT2D eigenvalue weighted by atomic mass is 35.5. The van der Waals surface area contributed by atoms with Crippen molar-refractivity contribution in [3.63, 3.8) is 0 Å². The van der Waals surface area contributed by atoms with E-state index < -0.39 is 5.97 Å². The molecule has 0 saturated heterocycles. The van der Waals surface area contributed by atoms with Gasteiger partial charge < -0.3 is 10.0 Å². The van der Waals surface area contributed by atoms with E-state index in [1.54, 1.807) is 22.1 Å². The van der Waals surface area contributed by atoms with Crippen molar-refractivity contribution < 1.29 is 9.90 Å². The highest BCUT2D eigenvalue weighted by Crippen LogP contribution is 2.35. The minimum Gasteiger partial charge on any atom is -0.476 e. The zero-order valence-corrected chi connectivity index (χ0v) is 17.6. The van der Waals surface area contributed by atoms with E-state index in [2.05, 4.69) is 23.8 Å². The Labute approximate surface area is 172 Å². The van der Waals surface area contributed by atoms with Gasteiger partial charge in [-0.1, -0.05) is 34.1 Å². The van der Waals surface area contributed by atoms with E-state index in [0.717, 1.165) is 46.1 Å². The molecule has 0 aliphatic carbocycles. The molecule has 1 aliphatic rings. The number of aromatic nitrogens is 3. The second kappa shape index (κ2) is 7.22. The van der Waals surface area contributed by atoms with Crippen LogP contribution in [0.25, 0.3) is 10.2 Å². The SMILES string of the molecule is CC1=C(C)CN(c2nc3c(Cn4nc(C(=O)O)cc4C)cc(Cl)cc3s2)CC1. The quantitative estimate of drug-likeness (QED) is 0.621. The summed E-state index contributed by atoms with van der Waals surface area (Å²) in [5.74, 6) is -1.03. The molecule has 1 aromatic carbocycles. The van der Waals surface area contributed by atoms with Crippen LogP contribution >= 0.6 is 22.9 Å². The van der Waals surface area contributed by atoms with Gasteiger partial charge in [-0.3, -0.25) is 4.68 Å². The minimum absolute atomic E-state index is 0.0423. The van der Waals surface area contributed by atoms with Crippen LogP contribution in [0.4, 0.5) is 5.13 Å². The van der Waals surface area contributed by atoms with Crippen LogP contribution in [0.15, 0.2) is 29.3 Å². The smallest absolute Gasteiger partial charge is 0.356 e. The lowest BCUT2D eigenvalue weighted by molar-refractivity contribution is 0.0689. The molecule has 28 heavy (non-hydrogen) atoms. The van der Waals surface area contributed by atoms with Gasteiger partial charge in [-0.25, -0.2) is 9.78 Å². The molecule has 2 aromatic heterocycles. The Balaban J connectivity index is 1.71. The third-order valence-corrected chi connectivity index (χ3v) is 6.51. The van der Waals surface area contributed by atoms with Crippen LogP contribution in [0.3, 0.4) is 0 Å². The molecule has 0 radical (unpaired) electrons. The van der Waals surface area contributed by atoms with Crippen LogP contribution in [-0.4, -0.2) is 38.9 Å². The summed E-state index contributed by atoms with van der Waals surface area (Å²) >= 11 is 8.00. The first-order valence-corrected chi connectivity index (χ1v) is 10.3. The fourth-order valence-electron chi connectivity index (χ4n) is 3.42. The average molecular weight is 417 g/mol. The molecule has 0 spiro atoms. The molecule has 0 atom stereocenters. The highest BCUT2D eigenvalue weighted by Gasteiger charge is 2.20. The summed E-state index contributed by atoms with van der Waals surface area (Å²) in [5.41, 5.74) is 5.53. The minimum atomic E-state index is -1.03. The van der Waals surface area contributed by atoms with Crippen LogP contribution in [0.1, 0.15) is 42.0 Å².